The first-order valence-electron chi connectivity index (χ1n) is 8.47. The summed E-state index contributed by atoms with van der Waals surface area (Å²) in [6, 6.07) is 8.56. The first-order chi connectivity index (χ1) is 13.3. The van der Waals surface area contributed by atoms with Gasteiger partial charge in [0.25, 0.3) is 0 Å². The van der Waals surface area contributed by atoms with Crippen molar-refractivity contribution in [1.29, 1.82) is 0 Å². The van der Waals surface area contributed by atoms with Crippen molar-refractivity contribution in [2.45, 2.75) is 31.3 Å². The molecule has 0 radical (unpaired) electrons. The summed E-state index contributed by atoms with van der Waals surface area (Å²) in [6.07, 6.45) is -0.244. The van der Waals surface area contributed by atoms with Crippen LogP contribution in [0.2, 0.25) is 10.4 Å². The molecule has 0 amide bonds. The number of alkyl halides is 1. The molecule has 1 fully saturated rings. The van der Waals surface area contributed by atoms with Crippen LogP contribution in [0.25, 0.3) is 11.2 Å². The van der Waals surface area contributed by atoms with Crippen LogP contribution in [-0.4, -0.2) is 43.9 Å². The van der Waals surface area contributed by atoms with Crippen molar-refractivity contribution in [3.05, 3.63) is 52.7 Å². The van der Waals surface area contributed by atoms with Gasteiger partial charge in [0.2, 0.25) is 5.28 Å². The molecule has 2 aromatic heterocycles. The molecule has 7 nitrogen and oxygen atoms in total. The highest BCUT2D eigenvalue weighted by molar-refractivity contribution is 6.35. The Kier molecular flexibility index (Phi) is 4.95. The third-order valence-electron chi connectivity index (χ3n) is 4.48. The molecule has 0 N–H and O–H groups in total. The average molecular weight is 425 g/mol. The first-order valence-corrected chi connectivity index (χ1v) is 9.23. The minimum absolute atomic E-state index is 0.0337. The van der Waals surface area contributed by atoms with Gasteiger partial charge in [-0.3, -0.25) is 4.57 Å². The molecular weight excluding hydrogens is 410 g/mol. The van der Waals surface area contributed by atoms with E-state index < -0.39 is 24.0 Å². The summed E-state index contributed by atoms with van der Waals surface area (Å²) >= 11 is 11.9. The maximum absolute atomic E-state index is 15.2. The van der Waals surface area contributed by atoms with Gasteiger partial charge in [-0.2, -0.15) is 4.98 Å². The molecule has 146 valence electrons. The lowest BCUT2D eigenvalue weighted by molar-refractivity contribution is -0.0601. The van der Waals surface area contributed by atoms with Crippen molar-refractivity contribution in [3.8, 4) is 0 Å². The molecule has 3 atom stereocenters. The Bertz CT molecular complexity index is 1030. The molecule has 1 aliphatic heterocycles. The van der Waals surface area contributed by atoms with Crippen LogP contribution in [-0.2, 0) is 9.47 Å². The maximum Gasteiger partial charge on any atom is 0.338 e. The third-order valence-corrected chi connectivity index (χ3v) is 4.91. The van der Waals surface area contributed by atoms with Gasteiger partial charge in [-0.1, -0.05) is 29.8 Å². The van der Waals surface area contributed by atoms with Gasteiger partial charge in [0.1, 0.15) is 12.1 Å². The Labute approximate surface area is 169 Å². The number of carbonyl (C=O) groups excluding carboxylic acids is 1. The SMILES string of the molecule is C[C@@]1(F)C[C@H](COC(=O)c2ccccc2)O[C@H]1n1cnc2c(Cl)nc(Cl)nc21. The molecule has 10 heteroatoms. The zero-order chi connectivity index (χ0) is 19.9. The number of halogens is 3. The molecule has 4 rings (SSSR count). The van der Waals surface area contributed by atoms with Crippen molar-refractivity contribution < 1.29 is 18.7 Å². The maximum atomic E-state index is 15.2. The van der Waals surface area contributed by atoms with Gasteiger partial charge in [0.15, 0.2) is 22.7 Å². The van der Waals surface area contributed by atoms with Crippen molar-refractivity contribution in [3.63, 3.8) is 0 Å². The van der Waals surface area contributed by atoms with E-state index in [0.717, 1.165) is 0 Å². The predicted molar refractivity (Wildman–Crippen MR) is 100 cm³/mol. The summed E-state index contributed by atoms with van der Waals surface area (Å²) in [5.41, 5.74) is -0.770. The second-order valence-electron chi connectivity index (χ2n) is 6.66. The number of ether oxygens (including phenoxy) is 2. The number of hydrogen-bond donors (Lipinski definition) is 0. The molecule has 1 saturated heterocycles. The highest BCUT2D eigenvalue weighted by Crippen LogP contribution is 2.42. The van der Waals surface area contributed by atoms with Crippen molar-refractivity contribution in [2.75, 3.05) is 6.61 Å². The largest absolute Gasteiger partial charge is 0.459 e. The van der Waals surface area contributed by atoms with Crippen LogP contribution in [0.5, 0.6) is 0 Å². The second-order valence-corrected chi connectivity index (χ2v) is 7.36. The van der Waals surface area contributed by atoms with Gasteiger partial charge in [-0.15, -0.1) is 0 Å². The molecule has 0 bridgehead atoms. The number of rotatable bonds is 4. The lowest BCUT2D eigenvalue weighted by atomic mass is 10.0. The van der Waals surface area contributed by atoms with Crippen LogP contribution >= 0.6 is 23.2 Å². The zero-order valence-electron chi connectivity index (χ0n) is 14.7. The molecule has 0 saturated carbocycles. The van der Waals surface area contributed by atoms with Crippen LogP contribution in [0, 0.1) is 0 Å². The van der Waals surface area contributed by atoms with Crippen molar-refractivity contribution in [1.82, 2.24) is 19.5 Å². The number of esters is 1. The van der Waals surface area contributed by atoms with Crippen LogP contribution in [0.3, 0.4) is 0 Å². The number of benzene rings is 1. The van der Waals surface area contributed by atoms with E-state index in [-0.39, 0.29) is 29.1 Å². The smallest absolute Gasteiger partial charge is 0.338 e. The Morgan fingerprint density at radius 1 is 1.36 bits per heavy atom. The normalized spacial score (nSPS) is 24.6. The summed E-state index contributed by atoms with van der Waals surface area (Å²) < 4.78 is 27.8. The number of hydrogen-bond acceptors (Lipinski definition) is 6. The topological polar surface area (TPSA) is 79.1 Å². The van der Waals surface area contributed by atoms with Crippen molar-refractivity contribution >= 4 is 40.3 Å². The molecule has 0 unspecified atom stereocenters. The Hall–Kier alpha value is -2.29. The van der Waals surface area contributed by atoms with E-state index in [9.17, 15) is 4.79 Å². The molecule has 0 spiro atoms. The molecule has 28 heavy (non-hydrogen) atoms. The van der Waals surface area contributed by atoms with Gasteiger partial charge in [0.05, 0.1) is 18.0 Å². The quantitative estimate of drug-likeness (QED) is 0.357. The molecule has 0 aliphatic carbocycles. The van der Waals surface area contributed by atoms with E-state index in [0.29, 0.717) is 11.1 Å². The van der Waals surface area contributed by atoms with Gasteiger partial charge in [-0.25, -0.2) is 19.2 Å². The summed E-state index contributed by atoms with van der Waals surface area (Å²) in [7, 11) is 0. The summed E-state index contributed by atoms with van der Waals surface area (Å²) in [6.45, 7) is 1.33. The number of fused-ring (bicyclic) bond motifs is 1. The number of nitrogens with zero attached hydrogens (tertiary/aromatic N) is 4. The van der Waals surface area contributed by atoms with E-state index in [4.69, 9.17) is 32.7 Å². The van der Waals surface area contributed by atoms with Crippen LogP contribution in [0.1, 0.15) is 29.9 Å². The number of aromatic nitrogens is 4. The van der Waals surface area contributed by atoms with Gasteiger partial charge in [0, 0.05) is 6.42 Å². The van der Waals surface area contributed by atoms with Gasteiger partial charge >= 0.3 is 5.97 Å². The van der Waals surface area contributed by atoms with E-state index in [2.05, 4.69) is 15.0 Å². The molecule has 1 aliphatic rings. The fourth-order valence-corrected chi connectivity index (χ4v) is 3.65. The monoisotopic (exact) mass is 424 g/mol. The van der Waals surface area contributed by atoms with Gasteiger partial charge in [-0.05, 0) is 30.7 Å². The molecule has 3 heterocycles. The Morgan fingerprint density at radius 3 is 2.86 bits per heavy atom. The lowest BCUT2D eigenvalue weighted by Gasteiger charge is -2.22. The zero-order valence-corrected chi connectivity index (χ0v) is 16.2. The van der Waals surface area contributed by atoms with E-state index in [1.54, 1.807) is 30.3 Å². The van der Waals surface area contributed by atoms with Gasteiger partial charge < -0.3 is 9.47 Å². The predicted octanol–water partition coefficient (Wildman–Crippen LogP) is 4.01. The second kappa shape index (κ2) is 7.27. The first kappa shape index (κ1) is 19.0. The van der Waals surface area contributed by atoms with Crippen LogP contribution < -0.4 is 0 Å². The third kappa shape index (κ3) is 3.55. The van der Waals surface area contributed by atoms with E-state index in [1.807, 2.05) is 0 Å². The highest BCUT2D eigenvalue weighted by Gasteiger charge is 2.48. The summed E-state index contributed by atoms with van der Waals surface area (Å²) in [5, 5.41) is -0.00759. The van der Waals surface area contributed by atoms with E-state index >= 15 is 4.39 Å². The standard InChI is InChI=1S/C18H15Cl2FN4O3/c1-18(21)7-11(8-27-15(26)10-5-3-2-4-6-10)28-16(18)25-9-22-12-13(19)23-17(20)24-14(12)25/h2-6,9,11,16H,7-8H2,1H3/t11-,16-,18-/m1/s1. The summed E-state index contributed by atoms with van der Waals surface area (Å²) in [5.74, 6) is -0.493. The minimum Gasteiger partial charge on any atom is -0.459 e. The fraction of sp³-hybridized carbons (Fsp3) is 0.333. The van der Waals surface area contributed by atoms with Crippen LogP contribution in [0.4, 0.5) is 4.39 Å². The summed E-state index contributed by atoms with van der Waals surface area (Å²) in [4.78, 5) is 24.1. The number of imidazole rings is 1. The highest BCUT2D eigenvalue weighted by atomic mass is 35.5. The lowest BCUT2D eigenvalue weighted by Crippen LogP contribution is -2.27. The van der Waals surface area contributed by atoms with E-state index in [1.165, 1.54) is 17.8 Å². The Morgan fingerprint density at radius 2 is 2.11 bits per heavy atom. The van der Waals surface area contributed by atoms with Crippen LogP contribution in [0.15, 0.2) is 36.7 Å². The average Bonchev–Trinajstić information content (AvgIpc) is 3.20. The number of carbonyl (C=O) groups is 1. The Balaban J connectivity index is 1.52. The molecular formula is C18H15Cl2FN4O3. The molecule has 3 aromatic rings. The molecule has 1 aromatic carbocycles. The minimum atomic E-state index is -1.75. The van der Waals surface area contributed by atoms with Crippen molar-refractivity contribution in [2.24, 2.45) is 0 Å². The fourth-order valence-electron chi connectivity index (χ4n) is 3.23.